The molecular weight excluding hydrogens is 306 g/mol. The van der Waals surface area contributed by atoms with Crippen molar-refractivity contribution in [2.75, 3.05) is 12.8 Å². The third-order valence-electron chi connectivity index (χ3n) is 3.11. The van der Waals surface area contributed by atoms with Crippen LogP contribution in [0.25, 0.3) is 11.3 Å². The number of halogens is 1. The molecule has 0 saturated carbocycles. The lowest BCUT2D eigenvalue weighted by atomic mass is 10.0. The highest BCUT2D eigenvalue weighted by molar-refractivity contribution is 9.10. The van der Waals surface area contributed by atoms with Crippen molar-refractivity contribution >= 4 is 21.7 Å². The molecule has 4 nitrogen and oxygen atoms in total. The minimum absolute atomic E-state index is 0.724. The molecule has 1 heterocycles. The highest BCUT2D eigenvalue weighted by Gasteiger charge is 2.18. The molecule has 0 atom stereocenters. The van der Waals surface area contributed by atoms with Crippen LogP contribution in [0.4, 0.5) is 5.82 Å². The molecule has 0 aliphatic heterocycles. The number of benzene rings is 1. The maximum atomic E-state index is 6.10. The van der Waals surface area contributed by atoms with Crippen LogP contribution in [0.2, 0.25) is 0 Å². The van der Waals surface area contributed by atoms with E-state index >= 15 is 0 Å². The maximum absolute atomic E-state index is 6.10. The van der Waals surface area contributed by atoms with Gasteiger partial charge in [-0.25, -0.2) is 0 Å². The molecule has 0 aliphatic rings. The van der Waals surface area contributed by atoms with Crippen molar-refractivity contribution in [2.45, 2.75) is 19.8 Å². The van der Waals surface area contributed by atoms with Gasteiger partial charge < -0.3 is 10.5 Å². The molecule has 0 saturated heterocycles. The Bertz CT molecular complexity index is 593. The normalized spacial score (nSPS) is 10.7. The number of ether oxygens (including phenoxy) is 1. The SMILES string of the molecule is CCCc1c(-c2ccc(Br)cc2OC)nn(C)c1N. The minimum Gasteiger partial charge on any atom is -0.496 e. The number of hydrogen-bond donors (Lipinski definition) is 1. The topological polar surface area (TPSA) is 53.1 Å². The Morgan fingerprint density at radius 2 is 2.16 bits per heavy atom. The smallest absolute Gasteiger partial charge is 0.129 e. The molecule has 102 valence electrons. The van der Waals surface area contributed by atoms with E-state index in [1.807, 2.05) is 25.2 Å². The Balaban J connectivity index is 2.61. The van der Waals surface area contributed by atoms with Crippen molar-refractivity contribution < 1.29 is 4.74 Å². The first kappa shape index (κ1) is 13.9. The minimum atomic E-state index is 0.724. The van der Waals surface area contributed by atoms with E-state index in [9.17, 15) is 0 Å². The number of hydrogen-bond acceptors (Lipinski definition) is 3. The molecule has 2 aromatic rings. The van der Waals surface area contributed by atoms with Gasteiger partial charge in [0, 0.05) is 22.6 Å². The maximum Gasteiger partial charge on any atom is 0.129 e. The van der Waals surface area contributed by atoms with Crippen molar-refractivity contribution in [3.8, 4) is 17.0 Å². The molecule has 0 bridgehead atoms. The molecule has 1 aromatic heterocycles. The predicted octanol–water partition coefficient (Wildman–Crippen LogP) is 3.39. The van der Waals surface area contributed by atoms with Crippen LogP contribution in [0.15, 0.2) is 22.7 Å². The lowest BCUT2D eigenvalue weighted by molar-refractivity contribution is 0.416. The number of anilines is 1. The van der Waals surface area contributed by atoms with Crippen LogP contribution < -0.4 is 10.5 Å². The van der Waals surface area contributed by atoms with Crippen LogP contribution in [0.5, 0.6) is 5.75 Å². The summed E-state index contributed by atoms with van der Waals surface area (Å²) in [5, 5.41) is 4.53. The molecule has 0 radical (unpaired) electrons. The number of aryl methyl sites for hydroxylation is 1. The van der Waals surface area contributed by atoms with Crippen LogP contribution in [0.1, 0.15) is 18.9 Å². The van der Waals surface area contributed by atoms with Gasteiger partial charge in [-0.2, -0.15) is 5.10 Å². The van der Waals surface area contributed by atoms with Gasteiger partial charge in [-0.15, -0.1) is 0 Å². The second kappa shape index (κ2) is 5.65. The molecule has 0 spiro atoms. The zero-order valence-corrected chi connectivity index (χ0v) is 13.0. The Morgan fingerprint density at radius 1 is 1.42 bits per heavy atom. The Morgan fingerprint density at radius 3 is 2.79 bits per heavy atom. The monoisotopic (exact) mass is 323 g/mol. The number of methoxy groups -OCH3 is 1. The van der Waals surface area contributed by atoms with Crippen LogP contribution in [0, 0.1) is 0 Å². The van der Waals surface area contributed by atoms with Crippen molar-refractivity contribution in [3.63, 3.8) is 0 Å². The molecule has 0 aliphatic carbocycles. The molecule has 19 heavy (non-hydrogen) atoms. The van der Waals surface area contributed by atoms with E-state index in [4.69, 9.17) is 10.5 Å². The van der Waals surface area contributed by atoms with E-state index in [1.54, 1.807) is 11.8 Å². The summed E-state index contributed by atoms with van der Waals surface area (Å²) in [6, 6.07) is 5.93. The Kier molecular flexibility index (Phi) is 4.14. The highest BCUT2D eigenvalue weighted by atomic mass is 79.9. The van der Waals surface area contributed by atoms with Crippen molar-refractivity contribution in [1.82, 2.24) is 9.78 Å². The predicted molar refractivity (Wildman–Crippen MR) is 81.3 cm³/mol. The first-order valence-electron chi connectivity index (χ1n) is 6.23. The summed E-state index contributed by atoms with van der Waals surface area (Å²) in [5.41, 5.74) is 9.07. The zero-order chi connectivity index (χ0) is 14.0. The molecule has 2 N–H and O–H groups in total. The van der Waals surface area contributed by atoms with Gasteiger partial charge in [0.25, 0.3) is 0 Å². The number of nitrogen functional groups attached to an aromatic ring is 1. The fraction of sp³-hybridized carbons (Fsp3) is 0.357. The second-order valence-electron chi connectivity index (χ2n) is 4.43. The van der Waals surface area contributed by atoms with Crippen molar-refractivity contribution in [1.29, 1.82) is 0 Å². The quantitative estimate of drug-likeness (QED) is 0.938. The lowest BCUT2D eigenvalue weighted by Crippen LogP contribution is -1.99. The molecule has 0 unspecified atom stereocenters. The first-order valence-corrected chi connectivity index (χ1v) is 7.03. The average molecular weight is 324 g/mol. The standard InChI is InChI=1S/C14H18BrN3O/c1-4-5-11-13(17-18(2)14(11)16)10-7-6-9(15)8-12(10)19-3/h6-8H,4-5,16H2,1-3H3. The first-order chi connectivity index (χ1) is 9.08. The van der Waals surface area contributed by atoms with Gasteiger partial charge in [0.1, 0.15) is 17.3 Å². The van der Waals surface area contributed by atoms with Gasteiger partial charge in [-0.05, 0) is 24.6 Å². The average Bonchev–Trinajstić information content (AvgIpc) is 2.67. The fourth-order valence-corrected chi connectivity index (χ4v) is 2.49. The summed E-state index contributed by atoms with van der Waals surface area (Å²) in [4.78, 5) is 0. The van der Waals surface area contributed by atoms with Gasteiger partial charge in [0.05, 0.1) is 7.11 Å². The van der Waals surface area contributed by atoms with E-state index in [-0.39, 0.29) is 0 Å². The van der Waals surface area contributed by atoms with Gasteiger partial charge >= 0.3 is 0 Å². The number of nitrogens with two attached hydrogens (primary N) is 1. The third kappa shape index (κ3) is 2.61. The summed E-state index contributed by atoms with van der Waals surface area (Å²) in [5.74, 6) is 1.52. The van der Waals surface area contributed by atoms with Gasteiger partial charge in [-0.3, -0.25) is 4.68 Å². The van der Waals surface area contributed by atoms with E-state index < -0.39 is 0 Å². The highest BCUT2D eigenvalue weighted by Crippen LogP contribution is 2.35. The summed E-state index contributed by atoms with van der Waals surface area (Å²) in [7, 11) is 3.53. The van der Waals surface area contributed by atoms with Crippen LogP contribution >= 0.6 is 15.9 Å². The fourth-order valence-electron chi connectivity index (χ4n) is 2.15. The molecule has 0 fully saturated rings. The van der Waals surface area contributed by atoms with E-state index in [1.165, 1.54) is 0 Å². The van der Waals surface area contributed by atoms with Crippen LogP contribution in [-0.4, -0.2) is 16.9 Å². The zero-order valence-electron chi connectivity index (χ0n) is 11.4. The van der Waals surface area contributed by atoms with Crippen molar-refractivity contribution in [3.05, 3.63) is 28.2 Å². The molecule has 0 amide bonds. The van der Waals surface area contributed by atoms with Gasteiger partial charge in [-0.1, -0.05) is 29.3 Å². The summed E-state index contributed by atoms with van der Waals surface area (Å²) in [6.45, 7) is 2.13. The number of aromatic nitrogens is 2. The molecular formula is C14H18BrN3O. The third-order valence-corrected chi connectivity index (χ3v) is 3.61. The second-order valence-corrected chi connectivity index (χ2v) is 5.35. The van der Waals surface area contributed by atoms with Crippen LogP contribution in [-0.2, 0) is 13.5 Å². The molecule has 2 rings (SSSR count). The molecule has 1 aromatic carbocycles. The van der Waals surface area contributed by atoms with E-state index in [0.29, 0.717) is 0 Å². The Labute approximate surface area is 121 Å². The van der Waals surface area contributed by atoms with E-state index in [0.717, 1.165) is 45.7 Å². The largest absolute Gasteiger partial charge is 0.496 e. The lowest BCUT2D eigenvalue weighted by Gasteiger charge is -2.08. The summed E-state index contributed by atoms with van der Waals surface area (Å²) < 4.78 is 8.15. The van der Waals surface area contributed by atoms with Gasteiger partial charge in [0.2, 0.25) is 0 Å². The van der Waals surface area contributed by atoms with Crippen molar-refractivity contribution in [2.24, 2.45) is 7.05 Å². The summed E-state index contributed by atoms with van der Waals surface area (Å²) in [6.07, 6.45) is 1.94. The molecule has 5 heteroatoms. The summed E-state index contributed by atoms with van der Waals surface area (Å²) >= 11 is 3.45. The van der Waals surface area contributed by atoms with Crippen LogP contribution in [0.3, 0.4) is 0 Å². The van der Waals surface area contributed by atoms with E-state index in [2.05, 4.69) is 28.0 Å². The Hall–Kier alpha value is -1.49. The number of rotatable bonds is 4. The number of nitrogens with zero attached hydrogens (tertiary/aromatic N) is 2. The van der Waals surface area contributed by atoms with Gasteiger partial charge in [0.15, 0.2) is 0 Å².